The van der Waals surface area contributed by atoms with Crippen molar-refractivity contribution in [2.75, 3.05) is 13.1 Å². The van der Waals surface area contributed by atoms with E-state index in [1.54, 1.807) is 12.1 Å². The average molecular weight is 400 g/mol. The monoisotopic (exact) mass is 399 g/mol. The van der Waals surface area contributed by atoms with E-state index in [0.717, 1.165) is 50.8 Å². The molecule has 5 atom stereocenters. The van der Waals surface area contributed by atoms with Crippen LogP contribution in [0.4, 0.5) is 4.39 Å². The number of ketones is 1. The van der Waals surface area contributed by atoms with Crippen LogP contribution in [0.25, 0.3) is 0 Å². The molecule has 3 nitrogen and oxygen atoms in total. The highest BCUT2D eigenvalue weighted by Gasteiger charge is 2.58. The van der Waals surface area contributed by atoms with Gasteiger partial charge in [0.25, 0.3) is 0 Å². The molecular formula is C25H34FNO2. The minimum Gasteiger partial charge on any atom is -0.343 e. The molecule has 3 aliphatic rings. The minimum atomic E-state index is -0.235. The van der Waals surface area contributed by atoms with Crippen LogP contribution in [0.5, 0.6) is 0 Å². The van der Waals surface area contributed by atoms with E-state index in [-0.39, 0.29) is 17.1 Å². The normalized spacial score (nSPS) is 33.0. The molecule has 0 spiro atoms. The maximum absolute atomic E-state index is 13.7. The lowest BCUT2D eigenvalue weighted by Crippen LogP contribution is -2.44. The summed E-state index contributed by atoms with van der Waals surface area (Å²) in [5, 5.41) is 0. The standard InChI is InChI=1S/C25H34FNO2/c1-4-27(5-2)23(29)11-7-17-15-22(28)25(3)13-12-20-19-10-8-18(26)14-16(19)6-9-21(20)24(17)25/h8,10,14,17,20-21,24H,4-7,9,11-13,15H2,1-3H3/t17-,20?,21?,24?,25-/m1/s1. The Hall–Kier alpha value is -1.71. The zero-order valence-electron chi connectivity index (χ0n) is 18.0. The summed E-state index contributed by atoms with van der Waals surface area (Å²) in [6.07, 6.45) is 5.88. The third-order valence-electron chi connectivity index (χ3n) is 8.38. The predicted molar refractivity (Wildman–Crippen MR) is 112 cm³/mol. The third kappa shape index (κ3) is 3.43. The number of benzene rings is 1. The smallest absolute Gasteiger partial charge is 0.222 e. The number of carbonyl (C=O) groups is 2. The van der Waals surface area contributed by atoms with Crippen LogP contribution in [0.2, 0.25) is 0 Å². The number of nitrogens with zero attached hydrogens (tertiary/aromatic N) is 1. The Morgan fingerprint density at radius 2 is 2.00 bits per heavy atom. The molecule has 3 unspecified atom stereocenters. The number of aryl methyl sites for hydroxylation is 1. The van der Waals surface area contributed by atoms with Crippen molar-refractivity contribution >= 4 is 11.7 Å². The quantitative estimate of drug-likeness (QED) is 0.689. The number of hydrogen-bond acceptors (Lipinski definition) is 2. The van der Waals surface area contributed by atoms with Gasteiger partial charge in [0, 0.05) is 31.3 Å². The topological polar surface area (TPSA) is 37.4 Å². The fraction of sp³-hybridized carbons (Fsp3) is 0.680. The Morgan fingerprint density at radius 1 is 1.24 bits per heavy atom. The van der Waals surface area contributed by atoms with Gasteiger partial charge in [-0.05, 0) is 92.9 Å². The van der Waals surface area contributed by atoms with E-state index in [9.17, 15) is 14.0 Å². The van der Waals surface area contributed by atoms with Crippen molar-refractivity contribution in [2.45, 2.75) is 71.6 Å². The van der Waals surface area contributed by atoms with Crippen LogP contribution >= 0.6 is 0 Å². The number of carbonyl (C=O) groups excluding carboxylic acids is 2. The van der Waals surface area contributed by atoms with Crippen LogP contribution in [0.3, 0.4) is 0 Å². The molecule has 0 bridgehead atoms. The number of hydrogen-bond donors (Lipinski definition) is 0. The van der Waals surface area contributed by atoms with E-state index in [4.69, 9.17) is 0 Å². The van der Waals surface area contributed by atoms with Gasteiger partial charge in [-0.1, -0.05) is 13.0 Å². The summed E-state index contributed by atoms with van der Waals surface area (Å²) >= 11 is 0. The summed E-state index contributed by atoms with van der Waals surface area (Å²) in [4.78, 5) is 27.5. The van der Waals surface area contributed by atoms with Gasteiger partial charge in [-0.25, -0.2) is 4.39 Å². The summed E-state index contributed by atoms with van der Waals surface area (Å²) < 4.78 is 13.7. The van der Waals surface area contributed by atoms with Crippen molar-refractivity contribution in [1.29, 1.82) is 0 Å². The maximum Gasteiger partial charge on any atom is 0.222 e. The van der Waals surface area contributed by atoms with Gasteiger partial charge in [-0.15, -0.1) is 0 Å². The van der Waals surface area contributed by atoms with Crippen molar-refractivity contribution in [3.05, 3.63) is 35.1 Å². The van der Waals surface area contributed by atoms with Gasteiger partial charge in [0.1, 0.15) is 11.6 Å². The second-order valence-corrected chi connectivity index (χ2v) is 9.63. The van der Waals surface area contributed by atoms with E-state index in [0.29, 0.717) is 42.3 Å². The average Bonchev–Trinajstić information content (AvgIpc) is 2.97. The van der Waals surface area contributed by atoms with Crippen molar-refractivity contribution in [3.8, 4) is 0 Å². The van der Waals surface area contributed by atoms with Gasteiger partial charge in [0.05, 0.1) is 0 Å². The highest BCUT2D eigenvalue weighted by molar-refractivity contribution is 5.88. The number of fused-ring (bicyclic) bond motifs is 5. The Bertz CT molecular complexity index is 802. The van der Waals surface area contributed by atoms with E-state index >= 15 is 0 Å². The van der Waals surface area contributed by atoms with Crippen molar-refractivity contribution in [3.63, 3.8) is 0 Å². The lowest BCUT2D eigenvalue weighted by molar-refractivity contribution is -0.131. The van der Waals surface area contributed by atoms with Gasteiger partial charge in [0.2, 0.25) is 5.91 Å². The second kappa shape index (κ2) is 7.85. The lowest BCUT2D eigenvalue weighted by Gasteiger charge is -2.50. The van der Waals surface area contributed by atoms with E-state index in [2.05, 4.69) is 6.92 Å². The molecule has 0 radical (unpaired) electrons. The van der Waals surface area contributed by atoms with Crippen molar-refractivity contribution in [1.82, 2.24) is 4.90 Å². The second-order valence-electron chi connectivity index (χ2n) is 9.63. The number of amides is 1. The Balaban J connectivity index is 1.57. The molecule has 0 heterocycles. The molecule has 0 saturated heterocycles. The number of halogens is 1. The van der Waals surface area contributed by atoms with E-state index in [1.165, 1.54) is 5.56 Å². The molecule has 158 valence electrons. The molecule has 29 heavy (non-hydrogen) atoms. The number of Topliss-reactive ketones (excluding diaryl/α,β-unsaturated/α-hetero) is 1. The van der Waals surface area contributed by atoms with Gasteiger partial charge in [0.15, 0.2) is 0 Å². The predicted octanol–water partition coefficient (Wildman–Crippen LogP) is 5.13. The zero-order chi connectivity index (χ0) is 20.8. The molecule has 0 aromatic heterocycles. The molecule has 1 amide bonds. The highest BCUT2D eigenvalue weighted by Crippen LogP contribution is 2.62. The van der Waals surface area contributed by atoms with Crippen molar-refractivity contribution in [2.24, 2.45) is 23.2 Å². The van der Waals surface area contributed by atoms with Crippen LogP contribution in [-0.2, 0) is 16.0 Å². The van der Waals surface area contributed by atoms with Crippen molar-refractivity contribution < 1.29 is 14.0 Å². The van der Waals surface area contributed by atoms with Gasteiger partial charge < -0.3 is 4.90 Å². The molecule has 1 aromatic carbocycles. The molecule has 2 fully saturated rings. The Morgan fingerprint density at radius 3 is 2.72 bits per heavy atom. The molecule has 0 N–H and O–H groups in total. The Kier molecular flexibility index (Phi) is 5.56. The first-order chi connectivity index (χ1) is 13.9. The van der Waals surface area contributed by atoms with Crippen LogP contribution in [-0.4, -0.2) is 29.7 Å². The largest absolute Gasteiger partial charge is 0.343 e. The maximum atomic E-state index is 13.7. The summed E-state index contributed by atoms with van der Waals surface area (Å²) in [6.45, 7) is 7.72. The molecule has 3 aliphatic carbocycles. The van der Waals surface area contributed by atoms with Crippen LogP contribution in [0, 0.1) is 29.0 Å². The molecular weight excluding hydrogens is 365 g/mol. The molecule has 1 aromatic rings. The SMILES string of the molecule is CCN(CC)C(=O)CC[C@@H]1CC(=O)[C@@]2(C)CCC3c4ccc(F)cc4CCC3C12. The summed E-state index contributed by atoms with van der Waals surface area (Å²) in [5.41, 5.74) is 2.23. The van der Waals surface area contributed by atoms with E-state index < -0.39 is 0 Å². The third-order valence-corrected chi connectivity index (χ3v) is 8.38. The molecule has 2 saturated carbocycles. The fourth-order valence-electron chi connectivity index (χ4n) is 6.92. The molecule has 0 aliphatic heterocycles. The lowest BCUT2D eigenvalue weighted by atomic mass is 9.54. The first-order valence-corrected chi connectivity index (χ1v) is 11.5. The van der Waals surface area contributed by atoms with Crippen LogP contribution < -0.4 is 0 Å². The van der Waals surface area contributed by atoms with Crippen LogP contribution in [0.1, 0.15) is 76.3 Å². The summed E-state index contributed by atoms with van der Waals surface area (Å²) in [7, 11) is 0. The van der Waals surface area contributed by atoms with Gasteiger partial charge in [-0.3, -0.25) is 9.59 Å². The first-order valence-electron chi connectivity index (χ1n) is 11.5. The van der Waals surface area contributed by atoms with Gasteiger partial charge in [-0.2, -0.15) is 0 Å². The zero-order valence-corrected chi connectivity index (χ0v) is 18.0. The summed E-state index contributed by atoms with van der Waals surface area (Å²) in [5.74, 6) is 2.06. The molecule has 4 rings (SSSR count). The minimum absolute atomic E-state index is 0.147. The van der Waals surface area contributed by atoms with Crippen LogP contribution in [0.15, 0.2) is 18.2 Å². The highest BCUT2D eigenvalue weighted by atomic mass is 19.1. The molecule has 4 heteroatoms. The summed E-state index contributed by atoms with van der Waals surface area (Å²) in [6, 6.07) is 5.29. The van der Waals surface area contributed by atoms with E-state index in [1.807, 2.05) is 24.8 Å². The fourth-order valence-corrected chi connectivity index (χ4v) is 6.92. The Labute approximate surface area is 174 Å². The number of rotatable bonds is 5. The van der Waals surface area contributed by atoms with Gasteiger partial charge >= 0.3 is 0 Å². The first kappa shape index (κ1) is 20.6.